The van der Waals surface area contributed by atoms with E-state index in [0.717, 1.165) is 54.9 Å². The molecule has 0 aliphatic carbocycles. The van der Waals surface area contributed by atoms with Crippen LogP contribution in [-0.2, 0) is 10.6 Å². The lowest BCUT2D eigenvalue weighted by atomic mass is 10.0. The number of amides is 2. The first-order chi connectivity index (χ1) is 17.5. The first kappa shape index (κ1) is 25.7. The SMILES string of the molecule is CN(CCN1CCC(OC(=O)Nc2ccccc2-c2ccccc2)CC1)C(=O)c1ccc(CCl)cc1. The Labute approximate surface area is 217 Å². The number of piperidine rings is 1. The summed E-state index contributed by atoms with van der Waals surface area (Å²) in [5.41, 5.74) is 4.39. The highest BCUT2D eigenvalue weighted by Crippen LogP contribution is 2.28. The third-order valence-electron chi connectivity index (χ3n) is 6.51. The third kappa shape index (κ3) is 6.86. The Morgan fingerprint density at radius 1 is 0.972 bits per heavy atom. The molecular formula is C29H32ClN3O3. The Bertz CT molecular complexity index is 1150. The van der Waals surface area contributed by atoms with E-state index < -0.39 is 6.09 Å². The van der Waals surface area contributed by atoms with Crippen molar-refractivity contribution < 1.29 is 14.3 Å². The number of benzene rings is 3. The van der Waals surface area contributed by atoms with Gasteiger partial charge in [-0.05, 0) is 42.2 Å². The van der Waals surface area contributed by atoms with Gasteiger partial charge in [-0.25, -0.2) is 4.79 Å². The van der Waals surface area contributed by atoms with Crippen molar-refractivity contribution in [2.75, 3.05) is 38.5 Å². The van der Waals surface area contributed by atoms with Crippen molar-refractivity contribution in [2.24, 2.45) is 0 Å². The fraction of sp³-hybridized carbons (Fsp3) is 0.310. The van der Waals surface area contributed by atoms with Crippen LogP contribution in [0.4, 0.5) is 10.5 Å². The lowest BCUT2D eigenvalue weighted by molar-refractivity contribution is 0.0540. The number of carbonyl (C=O) groups excluding carboxylic acids is 2. The van der Waals surface area contributed by atoms with Crippen LogP contribution in [0.2, 0.25) is 0 Å². The van der Waals surface area contributed by atoms with Crippen molar-refractivity contribution in [3.63, 3.8) is 0 Å². The fourth-order valence-electron chi connectivity index (χ4n) is 4.35. The lowest BCUT2D eigenvalue weighted by Crippen LogP contribution is -2.42. The molecule has 6 nitrogen and oxygen atoms in total. The number of ether oxygens (including phenoxy) is 1. The molecule has 0 radical (unpaired) electrons. The number of alkyl halides is 1. The van der Waals surface area contributed by atoms with Gasteiger partial charge in [0, 0.05) is 50.2 Å². The van der Waals surface area contributed by atoms with E-state index in [9.17, 15) is 9.59 Å². The molecule has 36 heavy (non-hydrogen) atoms. The normalized spacial score (nSPS) is 14.3. The average Bonchev–Trinajstić information content (AvgIpc) is 2.93. The van der Waals surface area contributed by atoms with Gasteiger partial charge in [0.25, 0.3) is 5.91 Å². The van der Waals surface area contributed by atoms with Gasteiger partial charge in [-0.2, -0.15) is 0 Å². The molecule has 4 rings (SSSR count). The van der Waals surface area contributed by atoms with Gasteiger partial charge >= 0.3 is 6.09 Å². The predicted octanol–water partition coefficient (Wildman–Crippen LogP) is 5.88. The highest BCUT2D eigenvalue weighted by atomic mass is 35.5. The number of anilines is 1. The predicted molar refractivity (Wildman–Crippen MR) is 144 cm³/mol. The molecule has 1 saturated heterocycles. The quantitative estimate of drug-likeness (QED) is 0.388. The molecule has 188 valence electrons. The molecule has 0 bridgehead atoms. The Morgan fingerprint density at radius 3 is 2.33 bits per heavy atom. The molecule has 3 aromatic carbocycles. The maximum atomic E-state index is 12.7. The molecule has 1 fully saturated rings. The third-order valence-corrected chi connectivity index (χ3v) is 6.82. The highest BCUT2D eigenvalue weighted by molar-refractivity contribution is 6.17. The van der Waals surface area contributed by atoms with Gasteiger partial charge in [-0.3, -0.25) is 10.1 Å². The highest BCUT2D eigenvalue weighted by Gasteiger charge is 2.23. The monoisotopic (exact) mass is 505 g/mol. The first-order valence-corrected chi connectivity index (χ1v) is 12.8. The number of likely N-dealkylation sites (tertiary alicyclic amines) is 1. The van der Waals surface area contributed by atoms with E-state index in [1.54, 1.807) is 4.90 Å². The zero-order valence-corrected chi connectivity index (χ0v) is 21.3. The van der Waals surface area contributed by atoms with Crippen molar-refractivity contribution in [2.45, 2.75) is 24.8 Å². The molecule has 7 heteroatoms. The summed E-state index contributed by atoms with van der Waals surface area (Å²) in [6, 6.07) is 25.1. The number of hydrogen-bond donors (Lipinski definition) is 1. The molecule has 0 saturated carbocycles. The number of nitrogens with one attached hydrogen (secondary N) is 1. The number of rotatable bonds is 8. The number of likely N-dealkylation sites (N-methyl/N-ethyl adjacent to an activating group) is 1. The van der Waals surface area contributed by atoms with Crippen LogP contribution in [0.5, 0.6) is 0 Å². The minimum atomic E-state index is -0.428. The molecule has 3 aromatic rings. The van der Waals surface area contributed by atoms with Crippen LogP contribution in [0.1, 0.15) is 28.8 Å². The summed E-state index contributed by atoms with van der Waals surface area (Å²) in [6.07, 6.45) is 0.989. The van der Waals surface area contributed by atoms with E-state index in [0.29, 0.717) is 18.0 Å². The van der Waals surface area contributed by atoms with Crippen molar-refractivity contribution in [3.05, 3.63) is 90.0 Å². The van der Waals surface area contributed by atoms with Crippen LogP contribution < -0.4 is 5.32 Å². The number of halogens is 1. The summed E-state index contributed by atoms with van der Waals surface area (Å²) in [4.78, 5) is 29.3. The van der Waals surface area contributed by atoms with Gasteiger partial charge in [-0.1, -0.05) is 60.7 Å². The van der Waals surface area contributed by atoms with E-state index in [1.807, 2.05) is 85.9 Å². The Morgan fingerprint density at radius 2 is 1.64 bits per heavy atom. The van der Waals surface area contributed by atoms with Gasteiger partial charge in [0.15, 0.2) is 0 Å². The van der Waals surface area contributed by atoms with Gasteiger partial charge in [0.2, 0.25) is 0 Å². The van der Waals surface area contributed by atoms with E-state index >= 15 is 0 Å². The summed E-state index contributed by atoms with van der Waals surface area (Å²) in [7, 11) is 1.82. The second-order valence-corrected chi connectivity index (χ2v) is 9.31. The molecular weight excluding hydrogens is 474 g/mol. The molecule has 1 aliphatic heterocycles. The van der Waals surface area contributed by atoms with Crippen LogP contribution in [-0.4, -0.2) is 61.1 Å². The second kappa shape index (κ2) is 12.6. The van der Waals surface area contributed by atoms with E-state index in [2.05, 4.69) is 10.2 Å². The number of carbonyl (C=O) groups is 2. The minimum absolute atomic E-state index is 0.00166. The maximum absolute atomic E-state index is 12.7. The largest absolute Gasteiger partial charge is 0.446 e. The summed E-state index contributed by atoms with van der Waals surface area (Å²) < 4.78 is 5.72. The Kier molecular flexibility index (Phi) is 8.98. The standard InChI is InChI=1S/C29H32ClN3O3/c1-32(28(34)24-13-11-22(21-30)12-14-24)19-20-33-17-15-25(16-18-33)36-29(35)31-27-10-6-5-9-26(27)23-7-3-2-4-8-23/h2-14,25H,15-21H2,1H3,(H,31,35). The van der Waals surface area contributed by atoms with Gasteiger partial charge in [-0.15, -0.1) is 11.6 Å². The van der Waals surface area contributed by atoms with Crippen molar-refractivity contribution in [1.82, 2.24) is 9.80 Å². The van der Waals surface area contributed by atoms with E-state index in [1.165, 1.54) is 0 Å². The number of hydrogen-bond acceptors (Lipinski definition) is 4. The second-order valence-electron chi connectivity index (χ2n) is 9.04. The van der Waals surface area contributed by atoms with Crippen molar-refractivity contribution >= 4 is 29.3 Å². The number of nitrogens with zero attached hydrogens (tertiary/aromatic N) is 2. The molecule has 0 unspecified atom stereocenters. The Hall–Kier alpha value is -3.35. The number of para-hydroxylation sites is 1. The Balaban J connectivity index is 1.21. The topological polar surface area (TPSA) is 61.9 Å². The zero-order valence-electron chi connectivity index (χ0n) is 20.5. The van der Waals surface area contributed by atoms with Crippen LogP contribution in [0.3, 0.4) is 0 Å². The molecule has 0 atom stereocenters. The van der Waals surface area contributed by atoms with Crippen LogP contribution in [0.15, 0.2) is 78.9 Å². The maximum Gasteiger partial charge on any atom is 0.411 e. The molecule has 1 aliphatic rings. The van der Waals surface area contributed by atoms with Crippen molar-refractivity contribution in [1.29, 1.82) is 0 Å². The zero-order chi connectivity index (χ0) is 25.3. The van der Waals surface area contributed by atoms with Gasteiger partial charge in [0.05, 0.1) is 5.69 Å². The lowest BCUT2D eigenvalue weighted by Gasteiger charge is -2.32. The van der Waals surface area contributed by atoms with Crippen molar-refractivity contribution in [3.8, 4) is 11.1 Å². The van der Waals surface area contributed by atoms with Crippen LogP contribution >= 0.6 is 11.6 Å². The fourth-order valence-corrected chi connectivity index (χ4v) is 4.53. The first-order valence-electron chi connectivity index (χ1n) is 12.3. The minimum Gasteiger partial charge on any atom is -0.446 e. The summed E-state index contributed by atoms with van der Waals surface area (Å²) in [6.45, 7) is 3.07. The van der Waals surface area contributed by atoms with Crippen LogP contribution in [0, 0.1) is 0 Å². The molecule has 0 spiro atoms. The summed E-state index contributed by atoms with van der Waals surface area (Å²) >= 11 is 5.83. The average molecular weight is 506 g/mol. The summed E-state index contributed by atoms with van der Waals surface area (Å²) in [5.74, 6) is 0.439. The van der Waals surface area contributed by atoms with E-state index in [-0.39, 0.29) is 12.0 Å². The smallest absolute Gasteiger partial charge is 0.411 e. The molecule has 0 aromatic heterocycles. The van der Waals surface area contributed by atoms with Gasteiger partial charge < -0.3 is 14.5 Å². The molecule has 1 heterocycles. The summed E-state index contributed by atoms with van der Waals surface area (Å²) in [5, 5.41) is 2.92. The van der Waals surface area contributed by atoms with E-state index in [4.69, 9.17) is 16.3 Å². The molecule has 2 amide bonds. The van der Waals surface area contributed by atoms with Crippen LogP contribution in [0.25, 0.3) is 11.1 Å². The van der Waals surface area contributed by atoms with Gasteiger partial charge in [0.1, 0.15) is 6.10 Å². The molecule has 1 N–H and O–H groups in total.